The van der Waals surface area contributed by atoms with Crippen molar-refractivity contribution in [3.8, 4) is 33.7 Å². The number of benzene rings is 3. The van der Waals surface area contributed by atoms with Gasteiger partial charge in [0.15, 0.2) is 0 Å². The van der Waals surface area contributed by atoms with Crippen molar-refractivity contribution in [2.24, 2.45) is 12.2 Å². The van der Waals surface area contributed by atoms with Gasteiger partial charge in [0, 0.05) is 62.2 Å². The normalized spacial score (nSPS) is 13.8. The van der Waals surface area contributed by atoms with Gasteiger partial charge in [-0.3, -0.25) is 4.57 Å². The number of oxime groups is 1. The van der Waals surface area contributed by atoms with Gasteiger partial charge in [0.2, 0.25) is 0 Å². The molecule has 2 N–H and O–H groups in total. The molecular formula is C27H24ClFN4O3. The molecule has 2 heterocycles. The van der Waals surface area contributed by atoms with Crippen molar-refractivity contribution in [3.63, 3.8) is 0 Å². The van der Waals surface area contributed by atoms with Crippen LogP contribution in [0.1, 0.15) is 12.8 Å². The zero-order valence-corrected chi connectivity index (χ0v) is 20.3. The van der Waals surface area contributed by atoms with E-state index < -0.39 is 5.82 Å². The number of nitrogens with zero attached hydrogens (tertiary/aromatic N) is 4. The lowest BCUT2D eigenvalue weighted by molar-refractivity contribution is 0.315. The van der Waals surface area contributed by atoms with E-state index in [1.54, 1.807) is 37.6 Å². The Hall–Kier alpha value is -4.04. The van der Waals surface area contributed by atoms with Gasteiger partial charge < -0.3 is 19.8 Å². The number of anilines is 1. The first-order valence-electron chi connectivity index (χ1n) is 11.5. The first-order valence-corrected chi connectivity index (χ1v) is 11.9. The van der Waals surface area contributed by atoms with Crippen LogP contribution in [0.3, 0.4) is 0 Å². The van der Waals surface area contributed by atoms with E-state index in [1.807, 2.05) is 24.3 Å². The van der Waals surface area contributed by atoms with E-state index in [4.69, 9.17) is 16.8 Å². The first-order chi connectivity index (χ1) is 17.4. The molecule has 0 aliphatic carbocycles. The Morgan fingerprint density at radius 2 is 1.67 bits per heavy atom. The molecule has 0 radical (unpaired) electrons. The zero-order valence-electron chi connectivity index (χ0n) is 19.5. The van der Waals surface area contributed by atoms with Crippen LogP contribution in [-0.2, 0) is 7.05 Å². The number of hydrogen-bond donors (Lipinski definition) is 2. The van der Waals surface area contributed by atoms with Crippen molar-refractivity contribution in [2.45, 2.75) is 12.8 Å². The maximum Gasteiger partial charge on any atom is 0.332 e. The van der Waals surface area contributed by atoms with Crippen LogP contribution in [0.5, 0.6) is 5.75 Å². The molecule has 1 aliphatic heterocycles. The molecule has 36 heavy (non-hydrogen) atoms. The molecule has 184 valence electrons. The SMILES string of the molecule is Cn1ccn(-c2ccc(-c3cc(F)cc(-c4cccc(N5CCC(=NO)CC5)c4)c3O)cc2Cl)c1=O. The van der Waals surface area contributed by atoms with Gasteiger partial charge in [0.25, 0.3) is 0 Å². The topological polar surface area (TPSA) is 83.0 Å². The minimum absolute atomic E-state index is 0.0670. The molecule has 0 atom stereocenters. The van der Waals surface area contributed by atoms with E-state index >= 15 is 0 Å². The summed E-state index contributed by atoms with van der Waals surface area (Å²) in [5.74, 6) is -0.563. The number of phenolic OH excluding ortho intramolecular Hbond substituents is 1. The van der Waals surface area contributed by atoms with Crippen molar-refractivity contribution >= 4 is 23.0 Å². The van der Waals surface area contributed by atoms with E-state index in [1.165, 1.54) is 21.3 Å². The molecule has 1 aliphatic rings. The molecule has 7 nitrogen and oxygen atoms in total. The van der Waals surface area contributed by atoms with Crippen LogP contribution in [0.4, 0.5) is 10.1 Å². The Balaban J connectivity index is 1.51. The molecule has 5 rings (SSSR count). The summed E-state index contributed by atoms with van der Waals surface area (Å²) >= 11 is 6.50. The molecule has 0 unspecified atom stereocenters. The van der Waals surface area contributed by atoms with Crippen molar-refractivity contribution < 1.29 is 14.7 Å². The van der Waals surface area contributed by atoms with Crippen molar-refractivity contribution in [3.05, 3.63) is 88.3 Å². The maximum absolute atomic E-state index is 14.8. The summed E-state index contributed by atoms with van der Waals surface area (Å²) in [6.45, 7) is 1.41. The molecule has 1 fully saturated rings. The average molecular weight is 507 g/mol. The Morgan fingerprint density at radius 1 is 0.972 bits per heavy atom. The Bertz CT molecular complexity index is 1530. The van der Waals surface area contributed by atoms with Crippen LogP contribution >= 0.6 is 11.6 Å². The Morgan fingerprint density at radius 3 is 2.28 bits per heavy atom. The monoisotopic (exact) mass is 506 g/mol. The largest absolute Gasteiger partial charge is 0.507 e. The second-order valence-corrected chi connectivity index (χ2v) is 9.19. The minimum atomic E-state index is -0.496. The van der Waals surface area contributed by atoms with Crippen molar-refractivity contribution in [1.29, 1.82) is 0 Å². The molecule has 3 aromatic carbocycles. The van der Waals surface area contributed by atoms with Gasteiger partial charge in [0.05, 0.1) is 16.4 Å². The molecular weight excluding hydrogens is 483 g/mol. The number of aromatic nitrogens is 2. The molecule has 1 aromatic heterocycles. The number of aryl methyl sites for hydroxylation is 1. The molecule has 0 saturated carbocycles. The number of piperidine rings is 1. The van der Waals surface area contributed by atoms with Crippen LogP contribution in [-0.4, -0.2) is 38.2 Å². The van der Waals surface area contributed by atoms with Crippen LogP contribution in [0.25, 0.3) is 27.9 Å². The summed E-state index contributed by atoms with van der Waals surface area (Å²) in [6.07, 6.45) is 4.59. The second kappa shape index (κ2) is 9.54. The van der Waals surface area contributed by atoms with E-state index in [2.05, 4.69) is 10.1 Å². The minimum Gasteiger partial charge on any atom is -0.507 e. The quantitative estimate of drug-likeness (QED) is 0.285. The third-order valence-corrected chi connectivity index (χ3v) is 6.85. The fourth-order valence-electron chi connectivity index (χ4n) is 4.55. The highest BCUT2D eigenvalue weighted by Gasteiger charge is 2.19. The van der Waals surface area contributed by atoms with E-state index in [0.29, 0.717) is 58.9 Å². The summed E-state index contributed by atoms with van der Waals surface area (Å²) in [7, 11) is 1.65. The maximum atomic E-state index is 14.8. The van der Waals surface area contributed by atoms with Gasteiger partial charge in [-0.15, -0.1) is 0 Å². The summed E-state index contributed by atoms with van der Waals surface area (Å²) < 4.78 is 17.6. The van der Waals surface area contributed by atoms with Crippen molar-refractivity contribution in [1.82, 2.24) is 9.13 Å². The standard InChI is InChI=1S/C27H24ClFN4O3/c1-31-11-12-33(27(31)35)25-6-5-18(14-24(25)28)23-16-19(29)15-22(26(23)34)17-3-2-4-21(13-17)32-9-7-20(30-36)8-10-32/h2-6,11-16,34,36H,7-10H2,1H3. The number of halogens is 2. The number of hydrogen-bond acceptors (Lipinski definition) is 5. The lowest BCUT2D eigenvalue weighted by Gasteiger charge is -2.29. The van der Waals surface area contributed by atoms with Crippen LogP contribution in [0.2, 0.25) is 5.02 Å². The summed E-state index contributed by atoms with van der Waals surface area (Å²) in [5.41, 5.74) is 3.82. The second-order valence-electron chi connectivity index (χ2n) is 8.78. The van der Waals surface area contributed by atoms with Crippen molar-refractivity contribution in [2.75, 3.05) is 18.0 Å². The van der Waals surface area contributed by atoms with Gasteiger partial charge in [-0.2, -0.15) is 0 Å². The number of aromatic hydroxyl groups is 1. The third kappa shape index (κ3) is 4.35. The van der Waals surface area contributed by atoms with Gasteiger partial charge in [0.1, 0.15) is 11.6 Å². The molecule has 0 spiro atoms. The third-order valence-electron chi connectivity index (χ3n) is 6.54. The highest BCUT2D eigenvalue weighted by Crippen LogP contribution is 2.41. The molecule has 4 aromatic rings. The molecule has 9 heteroatoms. The van der Waals surface area contributed by atoms with Crippen LogP contribution in [0.15, 0.2) is 76.9 Å². The fraction of sp³-hybridized carbons (Fsp3) is 0.185. The molecule has 0 bridgehead atoms. The first kappa shape index (κ1) is 23.7. The molecule has 1 saturated heterocycles. The van der Waals surface area contributed by atoms with Gasteiger partial charge in [-0.1, -0.05) is 35.0 Å². The summed E-state index contributed by atoms with van der Waals surface area (Å²) in [6, 6.07) is 15.1. The fourth-order valence-corrected chi connectivity index (χ4v) is 4.82. The van der Waals surface area contributed by atoms with Gasteiger partial charge >= 0.3 is 5.69 Å². The lowest BCUT2D eigenvalue weighted by atomic mass is 9.96. The number of imidazole rings is 1. The zero-order chi connectivity index (χ0) is 25.4. The highest BCUT2D eigenvalue weighted by molar-refractivity contribution is 6.32. The van der Waals surface area contributed by atoms with Gasteiger partial charge in [-0.05, 0) is 47.5 Å². The smallest absolute Gasteiger partial charge is 0.332 e. The number of rotatable bonds is 4. The van der Waals surface area contributed by atoms with E-state index in [-0.39, 0.29) is 11.4 Å². The van der Waals surface area contributed by atoms with E-state index in [9.17, 15) is 14.3 Å². The predicted molar refractivity (Wildman–Crippen MR) is 139 cm³/mol. The summed E-state index contributed by atoms with van der Waals surface area (Å²) in [4.78, 5) is 14.5. The Labute approximate surface area is 211 Å². The van der Waals surface area contributed by atoms with Crippen LogP contribution < -0.4 is 10.6 Å². The average Bonchev–Trinajstić information content (AvgIpc) is 3.23. The lowest BCUT2D eigenvalue weighted by Crippen LogP contribution is -2.33. The number of phenols is 1. The van der Waals surface area contributed by atoms with Crippen LogP contribution in [0, 0.1) is 5.82 Å². The van der Waals surface area contributed by atoms with Gasteiger partial charge in [-0.25, -0.2) is 9.18 Å². The summed E-state index contributed by atoms with van der Waals surface area (Å²) in [5, 5.41) is 23.8. The Kier molecular flexibility index (Phi) is 6.28. The predicted octanol–water partition coefficient (Wildman–Crippen LogP) is 5.44. The highest BCUT2D eigenvalue weighted by atomic mass is 35.5. The molecule has 0 amide bonds. The van der Waals surface area contributed by atoms with E-state index in [0.717, 1.165) is 11.4 Å².